The Labute approximate surface area is 212 Å². The van der Waals surface area contributed by atoms with Crippen molar-refractivity contribution >= 4 is 12.0 Å². The molecule has 0 saturated heterocycles. The van der Waals surface area contributed by atoms with Gasteiger partial charge in [0.2, 0.25) is 0 Å². The van der Waals surface area contributed by atoms with Gasteiger partial charge in [-0.25, -0.2) is 9.75 Å². The number of nitrogens with zero attached hydrogens (tertiary/aromatic N) is 3. The maximum absolute atomic E-state index is 13.2. The van der Waals surface area contributed by atoms with Crippen LogP contribution in [0.5, 0.6) is 0 Å². The van der Waals surface area contributed by atoms with Gasteiger partial charge in [0.25, 0.3) is 5.91 Å². The largest absolute Gasteiger partial charge is 0.393 e. The van der Waals surface area contributed by atoms with Gasteiger partial charge in [-0.2, -0.15) is 5.10 Å². The molecule has 4 aliphatic carbocycles. The summed E-state index contributed by atoms with van der Waals surface area (Å²) in [5, 5.41) is 29.4. The minimum Gasteiger partial charge on any atom is -0.393 e. The van der Waals surface area contributed by atoms with Crippen molar-refractivity contribution in [2.24, 2.45) is 28.6 Å². The first-order valence-electron chi connectivity index (χ1n) is 13.2. The first-order valence-corrected chi connectivity index (χ1v) is 13.2. The second-order valence-electron chi connectivity index (χ2n) is 12.0. The fourth-order valence-corrected chi connectivity index (χ4v) is 8.66. The average Bonchev–Trinajstić information content (AvgIpc) is 3.39. The number of hydroxylamine groups is 2. The second-order valence-corrected chi connectivity index (χ2v) is 12.0. The number of aromatic nitrogens is 2. The Morgan fingerprint density at radius 1 is 1.22 bits per heavy atom. The van der Waals surface area contributed by atoms with Crippen LogP contribution in [-0.2, 0) is 16.1 Å². The van der Waals surface area contributed by atoms with Gasteiger partial charge in [-0.05, 0) is 85.5 Å². The maximum atomic E-state index is 13.2. The number of amides is 1. The van der Waals surface area contributed by atoms with E-state index in [1.807, 2.05) is 36.0 Å². The van der Waals surface area contributed by atoms with Gasteiger partial charge in [0.05, 0.1) is 30.8 Å². The minimum absolute atomic E-state index is 0.0846. The van der Waals surface area contributed by atoms with Crippen molar-refractivity contribution in [3.63, 3.8) is 0 Å². The first kappa shape index (κ1) is 23.9. The van der Waals surface area contributed by atoms with E-state index in [2.05, 4.69) is 25.1 Å². The number of fused-ring (bicyclic) bond motifs is 6. The number of hydrogen-bond acceptors (Lipinski definition) is 5. The Morgan fingerprint density at radius 3 is 2.69 bits per heavy atom. The molecular weight excluding hydrogens is 454 g/mol. The third-order valence-electron chi connectivity index (χ3n) is 10.5. The normalized spacial score (nSPS) is 38.9. The van der Waals surface area contributed by atoms with E-state index < -0.39 is 23.0 Å². The molecule has 2 N–H and O–H groups in total. The lowest BCUT2D eigenvalue weighted by atomic mass is 9.45. The van der Waals surface area contributed by atoms with Crippen LogP contribution in [0.2, 0.25) is 0 Å². The van der Waals surface area contributed by atoms with Gasteiger partial charge >= 0.3 is 0 Å². The van der Waals surface area contributed by atoms with Gasteiger partial charge < -0.3 is 10.2 Å². The molecule has 7 nitrogen and oxygen atoms in total. The molecule has 192 valence electrons. The quantitative estimate of drug-likeness (QED) is 0.638. The average molecular weight is 492 g/mol. The molecule has 3 saturated carbocycles. The molecule has 1 aromatic carbocycles. The molecule has 1 aromatic heterocycles. The van der Waals surface area contributed by atoms with E-state index in [-0.39, 0.29) is 23.2 Å². The molecule has 0 radical (unpaired) electrons. The number of hydrogen-bond donors (Lipinski definition) is 2. The summed E-state index contributed by atoms with van der Waals surface area (Å²) in [6.45, 7) is 4.33. The molecule has 4 unspecified atom stereocenters. The van der Waals surface area contributed by atoms with Crippen LogP contribution in [0.4, 0.5) is 0 Å². The zero-order valence-electron chi connectivity index (χ0n) is 21.6. The van der Waals surface area contributed by atoms with E-state index in [9.17, 15) is 15.0 Å². The summed E-state index contributed by atoms with van der Waals surface area (Å²) in [6.07, 6.45) is 8.08. The van der Waals surface area contributed by atoms with Crippen molar-refractivity contribution in [1.82, 2.24) is 14.8 Å². The molecular formula is C29H37N3O4. The van der Waals surface area contributed by atoms with Crippen molar-refractivity contribution in [3.8, 4) is 5.69 Å². The molecule has 0 aliphatic heterocycles. The van der Waals surface area contributed by atoms with E-state index in [1.165, 1.54) is 18.2 Å². The standard InChI is InChI=1S/C29H37N3O4/c1-27-15-18-17-30-32(20-8-6-5-7-9-20)23(18)14-19(27)10-11-21-22-12-13-29(35,26(34)31(3)36-4)28(22,2)16-24(33)25(21)27/h5-9,14,17,21-22,24-25,33,35H,10-13,15-16H2,1-4H3/t21?,22?,24?,25?,27-,28-,29-/m0/s1. The van der Waals surface area contributed by atoms with Crippen molar-refractivity contribution < 1.29 is 19.8 Å². The lowest BCUT2D eigenvalue weighted by molar-refractivity contribution is -0.213. The molecule has 7 heteroatoms. The van der Waals surface area contributed by atoms with Crippen LogP contribution in [0.25, 0.3) is 11.8 Å². The summed E-state index contributed by atoms with van der Waals surface area (Å²) < 4.78 is 2.03. The van der Waals surface area contributed by atoms with Crippen LogP contribution >= 0.6 is 0 Å². The Morgan fingerprint density at radius 2 is 1.97 bits per heavy atom. The zero-order chi connectivity index (χ0) is 25.5. The van der Waals surface area contributed by atoms with Gasteiger partial charge in [-0.1, -0.05) is 37.6 Å². The highest BCUT2D eigenvalue weighted by atomic mass is 16.7. The third-order valence-corrected chi connectivity index (χ3v) is 10.5. The number of carbonyl (C=O) groups is 1. The van der Waals surface area contributed by atoms with E-state index in [4.69, 9.17) is 9.94 Å². The Hall–Kier alpha value is -2.48. The predicted molar refractivity (Wildman–Crippen MR) is 136 cm³/mol. The van der Waals surface area contributed by atoms with Crippen molar-refractivity contribution in [2.45, 2.75) is 64.1 Å². The summed E-state index contributed by atoms with van der Waals surface area (Å²) >= 11 is 0. The van der Waals surface area contributed by atoms with Crippen molar-refractivity contribution in [3.05, 3.63) is 53.4 Å². The topological polar surface area (TPSA) is 87.8 Å². The number of aliphatic hydroxyl groups excluding tert-OH is 1. The maximum Gasteiger partial charge on any atom is 0.278 e. The molecule has 7 atom stereocenters. The summed E-state index contributed by atoms with van der Waals surface area (Å²) in [4.78, 5) is 18.4. The third kappa shape index (κ3) is 3.02. The number of carbonyl (C=O) groups excluding carboxylic acids is 1. The van der Waals surface area contributed by atoms with E-state index in [0.717, 1.165) is 42.1 Å². The molecule has 1 amide bonds. The fraction of sp³-hybridized carbons (Fsp3) is 0.586. The second kappa shape index (κ2) is 8.01. The lowest BCUT2D eigenvalue weighted by Gasteiger charge is -2.60. The SMILES string of the molecule is CON(C)C(=O)[C@@]1(O)CCC2C3CCC4=Cc5c(cnn5-c5ccccc5)C[C@]4(C)C3C(O)C[C@@]21C. The molecule has 0 spiro atoms. The molecule has 36 heavy (non-hydrogen) atoms. The summed E-state index contributed by atoms with van der Waals surface area (Å²) in [7, 11) is 2.99. The van der Waals surface area contributed by atoms with Crippen molar-refractivity contribution in [1.29, 1.82) is 0 Å². The minimum atomic E-state index is -1.53. The van der Waals surface area contributed by atoms with Crippen LogP contribution in [0, 0.1) is 28.6 Å². The molecule has 2 aromatic rings. The van der Waals surface area contributed by atoms with Crippen molar-refractivity contribution in [2.75, 3.05) is 14.2 Å². The number of aliphatic hydroxyl groups is 2. The van der Waals surface area contributed by atoms with Gasteiger partial charge in [-0.3, -0.25) is 9.63 Å². The van der Waals surface area contributed by atoms with Crippen LogP contribution in [0.1, 0.15) is 57.2 Å². The number of likely N-dealkylation sites (N-methyl/N-ethyl adjacent to an activating group) is 1. The molecule has 0 bridgehead atoms. The Bertz CT molecular complexity index is 1220. The smallest absolute Gasteiger partial charge is 0.278 e. The highest BCUT2D eigenvalue weighted by Gasteiger charge is 2.69. The summed E-state index contributed by atoms with van der Waals surface area (Å²) in [5.41, 5.74) is 2.42. The Kier molecular flexibility index (Phi) is 5.31. The van der Waals surface area contributed by atoms with E-state index in [1.54, 1.807) is 7.05 Å². The molecule has 4 aliphatic rings. The van der Waals surface area contributed by atoms with E-state index in [0.29, 0.717) is 12.8 Å². The molecule has 6 rings (SSSR count). The zero-order valence-corrected chi connectivity index (χ0v) is 21.6. The summed E-state index contributed by atoms with van der Waals surface area (Å²) in [6, 6.07) is 10.2. The first-order chi connectivity index (χ1) is 17.1. The van der Waals surface area contributed by atoms with Gasteiger partial charge in [0, 0.05) is 12.5 Å². The predicted octanol–water partition coefficient (Wildman–Crippen LogP) is 3.78. The number of para-hydroxylation sites is 1. The van der Waals surface area contributed by atoms with Crippen LogP contribution in [-0.4, -0.2) is 56.8 Å². The van der Waals surface area contributed by atoms with Gasteiger partial charge in [0.1, 0.15) is 0 Å². The van der Waals surface area contributed by atoms with Crippen LogP contribution in [0.3, 0.4) is 0 Å². The highest BCUT2D eigenvalue weighted by Crippen LogP contribution is 2.67. The van der Waals surface area contributed by atoms with Gasteiger partial charge in [0.15, 0.2) is 5.60 Å². The fourth-order valence-electron chi connectivity index (χ4n) is 8.66. The number of benzene rings is 1. The monoisotopic (exact) mass is 491 g/mol. The molecule has 3 fully saturated rings. The number of rotatable bonds is 3. The van der Waals surface area contributed by atoms with Crippen LogP contribution < -0.4 is 0 Å². The van der Waals surface area contributed by atoms with E-state index >= 15 is 0 Å². The van der Waals surface area contributed by atoms with Crippen LogP contribution in [0.15, 0.2) is 42.1 Å². The lowest BCUT2D eigenvalue weighted by Crippen LogP contribution is -2.63. The molecule has 1 heterocycles. The van der Waals surface area contributed by atoms with Gasteiger partial charge in [-0.15, -0.1) is 0 Å². The summed E-state index contributed by atoms with van der Waals surface area (Å²) in [5.74, 6) is 0.110. The number of allylic oxidation sites excluding steroid dienone is 1. The highest BCUT2D eigenvalue weighted by molar-refractivity contribution is 5.85. The Balaban J connectivity index is 1.35.